The SMILES string of the molecule is C/N=C(/C)c1ccc(C(F)(F)F)cc1C. The van der Waals surface area contributed by atoms with Crippen LogP contribution in [-0.2, 0) is 6.18 Å². The van der Waals surface area contributed by atoms with Gasteiger partial charge >= 0.3 is 6.18 Å². The van der Waals surface area contributed by atoms with E-state index >= 15 is 0 Å². The van der Waals surface area contributed by atoms with Crippen molar-refractivity contribution >= 4 is 5.71 Å². The molecule has 1 aromatic rings. The van der Waals surface area contributed by atoms with Gasteiger partial charge in [0.1, 0.15) is 0 Å². The van der Waals surface area contributed by atoms with Crippen LogP contribution in [0.4, 0.5) is 13.2 Å². The predicted molar refractivity (Wildman–Crippen MR) is 54.3 cm³/mol. The molecule has 0 amide bonds. The molecule has 82 valence electrons. The molecule has 0 aliphatic carbocycles. The molecule has 0 aliphatic rings. The fourth-order valence-corrected chi connectivity index (χ4v) is 1.37. The molecule has 0 fully saturated rings. The van der Waals surface area contributed by atoms with E-state index in [1.807, 2.05) is 0 Å². The normalized spacial score (nSPS) is 13.1. The van der Waals surface area contributed by atoms with E-state index in [0.29, 0.717) is 5.56 Å². The molecular formula is C11H12F3N. The van der Waals surface area contributed by atoms with Crippen LogP contribution in [0.15, 0.2) is 23.2 Å². The Balaban J connectivity index is 3.21. The second kappa shape index (κ2) is 4.04. The molecule has 0 bridgehead atoms. The summed E-state index contributed by atoms with van der Waals surface area (Å²) < 4.78 is 37.1. The van der Waals surface area contributed by atoms with E-state index in [2.05, 4.69) is 4.99 Å². The molecule has 4 heteroatoms. The topological polar surface area (TPSA) is 12.4 Å². The highest BCUT2D eigenvalue weighted by atomic mass is 19.4. The molecule has 1 aromatic carbocycles. The number of halogens is 3. The van der Waals surface area contributed by atoms with Crippen LogP contribution in [0, 0.1) is 6.92 Å². The summed E-state index contributed by atoms with van der Waals surface area (Å²) in [7, 11) is 1.62. The van der Waals surface area contributed by atoms with Gasteiger partial charge in [-0.25, -0.2) is 0 Å². The Hall–Kier alpha value is -1.32. The molecule has 0 atom stereocenters. The first-order valence-corrected chi connectivity index (χ1v) is 4.48. The molecule has 15 heavy (non-hydrogen) atoms. The minimum atomic E-state index is -4.28. The van der Waals surface area contributed by atoms with Crippen molar-refractivity contribution in [2.75, 3.05) is 7.05 Å². The Morgan fingerprint density at radius 1 is 1.27 bits per heavy atom. The van der Waals surface area contributed by atoms with Crippen molar-refractivity contribution in [1.29, 1.82) is 0 Å². The number of alkyl halides is 3. The molecule has 0 N–H and O–H groups in total. The van der Waals surface area contributed by atoms with Gasteiger partial charge in [0.15, 0.2) is 0 Å². The van der Waals surface area contributed by atoms with Gasteiger partial charge in [0.25, 0.3) is 0 Å². The highest BCUT2D eigenvalue weighted by Crippen LogP contribution is 2.30. The molecule has 0 saturated carbocycles. The van der Waals surface area contributed by atoms with Gasteiger partial charge in [0, 0.05) is 12.8 Å². The number of hydrogen-bond donors (Lipinski definition) is 0. The van der Waals surface area contributed by atoms with Crippen LogP contribution in [0.25, 0.3) is 0 Å². The van der Waals surface area contributed by atoms with Crippen molar-refractivity contribution in [3.63, 3.8) is 0 Å². The van der Waals surface area contributed by atoms with Crippen molar-refractivity contribution in [2.24, 2.45) is 4.99 Å². The van der Waals surface area contributed by atoms with Crippen molar-refractivity contribution in [3.8, 4) is 0 Å². The van der Waals surface area contributed by atoms with Crippen LogP contribution in [0.1, 0.15) is 23.6 Å². The van der Waals surface area contributed by atoms with E-state index < -0.39 is 11.7 Å². The van der Waals surface area contributed by atoms with Gasteiger partial charge in [-0.2, -0.15) is 13.2 Å². The third kappa shape index (κ3) is 2.58. The van der Waals surface area contributed by atoms with Crippen LogP contribution in [-0.4, -0.2) is 12.8 Å². The Morgan fingerprint density at radius 3 is 2.27 bits per heavy atom. The van der Waals surface area contributed by atoms with Crippen LogP contribution in [0.2, 0.25) is 0 Å². The Bertz CT molecular complexity index is 391. The minimum absolute atomic E-state index is 0.591. The number of nitrogens with zero attached hydrogens (tertiary/aromatic N) is 1. The highest BCUT2D eigenvalue weighted by Gasteiger charge is 2.30. The monoisotopic (exact) mass is 215 g/mol. The molecule has 0 unspecified atom stereocenters. The van der Waals surface area contributed by atoms with Gasteiger partial charge in [0.2, 0.25) is 0 Å². The molecule has 0 heterocycles. The zero-order chi connectivity index (χ0) is 11.6. The van der Waals surface area contributed by atoms with Crippen LogP contribution in [0.3, 0.4) is 0 Å². The second-order valence-electron chi connectivity index (χ2n) is 3.34. The van der Waals surface area contributed by atoms with Crippen molar-refractivity contribution < 1.29 is 13.2 Å². The summed E-state index contributed by atoms with van der Waals surface area (Å²) >= 11 is 0. The standard InChI is InChI=1S/C11H12F3N/c1-7-6-9(11(12,13)14)4-5-10(7)8(2)15-3/h4-6H,1-3H3/b15-8-. The van der Waals surface area contributed by atoms with E-state index in [0.717, 1.165) is 23.4 Å². The number of aryl methyl sites for hydroxylation is 1. The third-order valence-electron chi connectivity index (χ3n) is 2.28. The van der Waals surface area contributed by atoms with E-state index in [1.165, 1.54) is 6.07 Å². The average molecular weight is 215 g/mol. The number of rotatable bonds is 1. The van der Waals surface area contributed by atoms with Gasteiger partial charge in [-0.15, -0.1) is 0 Å². The van der Waals surface area contributed by atoms with Gasteiger partial charge < -0.3 is 0 Å². The van der Waals surface area contributed by atoms with Crippen molar-refractivity contribution in [3.05, 3.63) is 34.9 Å². The first-order chi connectivity index (χ1) is 6.86. The van der Waals surface area contributed by atoms with E-state index in [9.17, 15) is 13.2 Å². The Kier molecular flexibility index (Phi) is 3.17. The molecule has 1 rings (SSSR count). The summed E-state index contributed by atoms with van der Waals surface area (Å²) in [5.41, 5.74) is 1.47. The largest absolute Gasteiger partial charge is 0.416 e. The van der Waals surface area contributed by atoms with E-state index in [4.69, 9.17) is 0 Å². The second-order valence-corrected chi connectivity index (χ2v) is 3.34. The van der Waals surface area contributed by atoms with E-state index in [-0.39, 0.29) is 0 Å². The maximum Gasteiger partial charge on any atom is 0.416 e. The van der Waals surface area contributed by atoms with Crippen molar-refractivity contribution in [2.45, 2.75) is 20.0 Å². The highest BCUT2D eigenvalue weighted by molar-refractivity contribution is 5.99. The summed E-state index contributed by atoms with van der Waals surface area (Å²) in [6, 6.07) is 3.68. The van der Waals surface area contributed by atoms with Gasteiger partial charge in [-0.05, 0) is 37.1 Å². The maximum absolute atomic E-state index is 12.4. The summed E-state index contributed by atoms with van der Waals surface area (Å²) in [6.45, 7) is 3.43. The molecule has 0 saturated heterocycles. The smallest absolute Gasteiger partial charge is 0.293 e. The molecule has 0 aliphatic heterocycles. The fraction of sp³-hybridized carbons (Fsp3) is 0.364. The van der Waals surface area contributed by atoms with Crippen LogP contribution in [0.5, 0.6) is 0 Å². The molecule has 0 radical (unpaired) electrons. The first-order valence-electron chi connectivity index (χ1n) is 4.48. The Morgan fingerprint density at radius 2 is 1.87 bits per heavy atom. The summed E-state index contributed by atoms with van der Waals surface area (Å²) in [6.07, 6.45) is -4.28. The van der Waals surface area contributed by atoms with Crippen LogP contribution >= 0.6 is 0 Å². The predicted octanol–water partition coefficient (Wildman–Crippen LogP) is 3.45. The van der Waals surface area contributed by atoms with Gasteiger partial charge in [0.05, 0.1) is 5.56 Å². The zero-order valence-electron chi connectivity index (χ0n) is 8.81. The van der Waals surface area contributed by atoms with Crippen LogP contribution < -0.4 is 0 Å². The maximum atomic E-state index is 12.4. The fourth-order valence-electron chi connectivity index (χ4n) is 1.37. The lowest BCUT2D eigenvalue weighted by atomic mass is 10.0. The average Bonchev–Trinajstić information content (AvgIpc) is 2.15. The Labute approximate surface area is 86.6 Å². The zero-order valence-corrected chi connectivity index (χ0v) is 8.81. The lowest BCUT2D eigenvalue weighted by Crippen LogP contribution is -2.07. The lowest BCUT2D eigenvalue weighted by molar-refractivity contribution is -0.137. The third-order valence-corrected chi connectivity index (χ3v) is 2.28. The lowest BCUT2D eigenvalue weighted by Gasteiger charge is -2.10. The number of aliphatic imine (C=N–C) groups is 1. The first kappa shape index (κ1) is 11.8. The minimum Gasteiger partial charge on any atom is -0.293 e. The number of hydrogen-bond acceptors (Lipinski definition) is 1. The molecule has 1 nitrogen and oxygen atoms in total. The van der Waals surface area contributed by atoms with Gasteiger partial charge in [-0.1, -0.05) is 6.07 Å². The molecular weight excluding hydrogens is 203 g/mol. The van der Waals surface area contributed by atoms with E-state index in [1.54, 1.807) is 20.9 Å². The quantitative estimate of drug-likeness (QED) is 0.636. The molecule has 0 aromatic heterocycles. The molecule has 0 spiro atoms. The van der Waals surface area contributed by atoms with Crippen molar-refractivity contribution in [1.82, 2.24) is 0 Å². The summed E-state index contributed by atoms with van der Waals surface area (Å²) in [5, 5.41) is 0. The number of benzene rings is 1. The summed E-state index contributed by atoms with van der Waals surface area (Å²) in [4.78, 5) is 3.95. The summed E-state index contributed by atoms with van der Waals surface area (Å²) in [5.74, 6) is 0. The van der Waals surface area contributed by atoms with Gasteiger partial charge in [-0.3, -0.25) is 4.99 Å².